The van der Waals surface area contributed by atoms with Crippen LogP contribution in [0.3, 0.4) is 0 Å². The molecule has 1 aromatic heterocycles. The number of fused-ring (bicyclic) bond motifs is 1. The van der Waals surface area contributed by atoms with Gasteiger partial charge >= 0.3 is 5.97 Å². The molecule has 3 aromatic rings. The van der Waals surface area contributed by atoms with Gasteiger partial charge in [0.05, 0.1) is 30.1 Å². The number of nitrogens with zero attached hydrogens (tertiary/aromatic N) is 2. The van der Waals surface area contributed by atoms with Crippen molar-refractivity contribution in [2.24, 2.45) is 0 Å². The molecule has 0 radical (unpaired) electrons. The Labute approximate surface area is 163 Å². The Kier molecular flexibility index (Phi) is 5.70. The lowest BCUT2D eigenvalue weighted by Gasteiger charge is -2.15. The standard InChI is InChI=1S/C20H18BrFN2O3/c1-3-27-20(26)12(2)18-15-6-4-5-7-16(15)19(25)24(23-18)11-13-8-9-14(21)10-17(13)22/h4-10,12H,3,11H2,1-2H3. The second-order valence-electron chi connectivity index (χ2n) is 6.10. The van der Waals surface area contributed by atoms with E-state index < -0.39 is 17.7 Å². The number of esters is 1. The molecule has 0 fully saturated rings. The smallest absolute Gasteiger partial charge is 0.314 e. The molecular formula is C20H18BrFN2O3. The molecule has 5 nitrogen and oxygen atoms in total. The van der Waals surface area contributed by atoms with E-state index in [2.05, 4.69) is 21.0 Å². The van der Waals surface area contributed by atoms with Crippen LogP contribution in [-0.2, 0) is 16.1 Å². The van der Waals surface area contributed by atoms with Crippen molar-refractivity contribution in [1.29, 1.82) is 0 Å². The molecule has 0 amide bonds. The van der Waals surface area contributed by atoms with E-state index in [-0.39, 0.29) is 18.7 Å². The van der Waals surface area contributed by atoms with Crippen LogP contribution in [0.25, 0.3) is 10.8 Å². The van der Waals surface area contributed by atoms with Crippen molar-refractivity contribution < 1.29 is 13.9 Å². The Morgan fingerprint density at radius 1 is 1.26 bits per heavy atom. The van der Waals surface area contributed by atoms with E-state index in [9.17, 15) is 14.0 Å². The summed E-state index contributed by atoms with van der Waals surface area (Å²) in [6.07, 6.45) is 0. The first-order valence-corrected chi connectivity index (χ1v) is 9.32. The van der Waals surface area contributed by atoms with Gasteiger partial charge in [-0.3, -0.25) is 9.59 Å². The third kappa shape index (κ3) is 3.93. The monoisotopic (exact) mass is 432 g/mol. The van der Waals surface area contributed by atoms with E-state index in [4.69, 9.17) is 4.74 Å². The van der Waals surface area contributed by atoms with Crippen molar-refractivity contribution in [2.75, 3.05) is 6.61 Å². The third-order valence-electron chi connectivity index (χ3n) is 4.28. The van der Waals surface area contributed by atoms with Crippen molar-refractivity contribution in [3.05, 3.63) is 74.4 Å². The van der Waals surface area contributed by atoms with Crippen LogP contribution >= 0.6 is 15.9 Å². The van der Waals surface area contributed by atoms with Gasteiger partial charge in [0.15, 0.2) is 0 Å². The molecule has 1 heterocycles. The Hall–Kier alpha value is -2.54. The molecule has 0 spiro atoms. The fraction of sp³-hybridized carbons (Fsp3) is 0.250. The van der Waals surface area contributed by atoms with Crippen LogP contribution < -0.4 is 5.56 Å². The SMILES string of the molecule is CCOC(=O)C(C)c1nn(Cc2ccc(Br)cc2F)c(=O)c2ccccc12. The van der Waals surface area contributed by atoms with Crippen LogP contribution in [0.1, 0.15) is 31.0 Å². The summed E-state index contributed by atoms with van der Waals surface area (Å²) in [6.45, 7) is 3.63. The molecule has 3 rings (SSSR count). The van der Waals surface area contributed by atoms with Gasteiger partial charge < -0.3 is 4.74 Å². The van der Waals surface area contributed by atoms with Gasteiger partial charge in [-0.2, -0.15) is 5.10 Å². The summed E-state index contributed by atoms with van der Waals surface area (Å²) in [5, 5.41) is 5.41. The van der Waals surface area contributed by atoms with Gasteiger partial charge in [-0.15, -0.1) is 0 Å². The van der Waals surface area contributed by atoms with Crippen molar-refractivity contribution in [1.82, 2.24) is 9.78 Å². The molecule has 0 saturated heterocycles. The molecule has 27 heavy (non-hydrogen) atoms. The molecule has 1 unspecified atom stereocenters. The minimum atomic E-state index is -0.656. The summed E-state index contributed by atoms with van der Waals surface area (Å²) in [4.78, 5) is 25.1. The van der Waals surface area contributed by atoms with E-state index in [0.29, 0.717) is 26.5 Å². The minimum absolute atomic E-state index is 0.0364. The van der Waals surface area contributed by atoms with Gasteiger partial charge in [0.25, 0.3) is 5.56 Å². The van der Waals surface area contributed by atoms with Crippen molar-refractivity contribution in [3.8, 4) is 0 Å². The van der Waals surface area contributed by atoms with E-state index in [0.717, 1.165) is 0 Å². The molecule has 7 heteroatoms. The van der Waals surface area contributed by atoms with Crippen LogP contribution in [0.15, 0.2) is 51.7 Å². The second kappa shape index (κ2) is 8.00. The van der Waals surface area contributed by atoms with Gasteiger partial charge in [0.2, 0.25) is 0 Å². The van der Waals surface area contributed by atoms with Gasteiger partial charge in [-0.25, -0.2) is 9.07 Å². The summed E-state index contributed by atoms with van der Waals surface area (Å²) in [5.41, 5.74) is 0.423. The average molecular weight is 433 g/mol. The average Bonchev–Trinajstić information content (AvgIpc) is 2.65. The van der Waals surface area contributed by atoms with Crippen LogP contribution in [-0.4, -0.2) is 22.4 Å². The number of carbonyl (C=O) groups is 1. The Balaban J connectivity index is 2.14. The predicted octanol–water partition coefficient (Wildman–Crippen LogP) is 4.01. The normalized spacial score (nSPS) is 12.1. The second-order valence-corrected chi connectivity index (χ2v) is 7.02. The van der Waals surface area contributed by atoms with E-state index in [1.165, 1.54) is 10.7 Å². The van der Waals surface area contributed by atoms with Crippen LogP contribution in [0.5, 0.6) is 0 Å². The third-order valence-corrected chi connectivity index (χ3v) is 4.78. The van der Waals surface area contributed by atoms with Crippen LogP contribution in [0.4, 0.5) is 4.39 Å². The van der Waals surface area contributed by atoms with Gasteiger partial charge in [-0.05, 0) is 32.0 Å². The molecule has 140 valence electrons. The number of benzene rings is 2. The molecule has 0 bridgehead atoms. The predicted molar refractivity (Wildman–Crippen MR) is 104 cm³/mol. The largest absolute Gasteiger partial charge is 0.465 e. The highest BCUT2D eigenvalue weighted by atomic mass is 79.9. The van der Waals surface area contributed by atoms with Crippen molar-refractivity contribution in [2.45, 2.75) is 26.3 Å². The first kappa shape index (κ1) is 19.2. The topological polar surface area (TPSA) is 61.2 Å². The summed E-state index contributed by atoms with van der Waals surface area (Å²) >= 11 is 3.21. The lowest BCUT2D eigenvalue weighted by molar-refractivity contribution is -0.144. The van der Waals surface area contributed by atoms with Gasteiger partial charge in [-0.1, -0.05) is 40.2 Å². The van der Waals surface area contributed by atoms with Crippen molar-refractivity contribution >= 4 is 32.7 Å². The number of hydrogen-bond acceptors (Lipinski definition) is 4. The molecule has 1 atom stereocenters. The van der Waals surface area contributed by atoms with Crippen LogP contribution in [0, 0.1) is 5.82 Å². The molecule has 0 aliphatic carbocycles. The Morgan fingerprint density at radius 3 is 2.63 bits per heavy atom. The quantitative estimate of drug-likeness (QED) is 0.571. The number of carbonyl (C=O) groups excluding carboxylic acids is 1. The lowest BCUT2D eigenvalue weighted by Crippen LogP contribution is -2.27. The van der Waals surface area contributed by atoms with E-state index in [1.807, 2.05) is 0 Å². The first-order chi connectivity index (χ1) is 12.9. The first-order valence-electron chi connectivity index (χ1n) is 8.52. The highest BCUT2D eigenvalue weighted by Crippen LogP contribution is 2.23. The fourth-order valence-corrected chi connectivity index (χ4v) is 3.21. The van der Waals surface area contributed by atoms with Gasteiger partial charge in [0.1, 0.15) is 5.82 Å². The summed E-state index contributed by atoms with van der Waals surface area (Å²) in [5.74, 6) is -1.52. The summed E-state index contributed by atoms with van der Waals surface area (Å²) < 4.78 is 21.1. The minimum Gasteiger partial charge on any atom is -0.465 e. The van der Waals surface area contributed by atoms with E-state index >= 15 is 0 Å². The Bertz CT molecular complexity index is 1060. The number of ether oxygens (including phenoxy) is 1. The number of aromatic nitrogens is 2. The zero-order valence-electron chi connectivity index (χ0n) is 14.9. The highest BCUT2D eigenvalue weighted by Gasteiger charge is 2.23. The number of halogens is 2. The molecule has 0 N–H and O–H groups in total. The van der Waals surface area contributed by atoms with Crippen LogP contribution in [0.2, 0.25) is 0 Å². The number of hydrogen-bond donors (Lipinski definition) is 0. The van der Waals surface area contributed by atoms with E-state index in [1.54, 1.807) is 50.2 Å². The lowest BCUT2D eigenvalue weighted by atomic mass is 10.0. The molecule has 0 saturated carbocycles. The maximum atomic E-state index is 14.2. The number of rotatable bonds is 5. The summed E-state index contributed by atoms with van der Waals surface area (Å²) in [7, 11) is 0. The Morgan fingerprint density at radius 2 is 1.96 bits per heavy atom. The fourth-order valence-electron chi connectivity index (χ4n) is 2.88. The summed E-state index contributed by atoms with van der Waals surface area (Å²) in [6, 6.07) is 11.6. The molecule has 0 aliphatic rings. The van der Waals surface area contributed by atoms with Gasteiger partial charge in [0, 0.05) is 15.4 Å². The zero-order chi connectivity index (χ0) is 19.6. The molecular weight excluding hydrogens is 415 g/mol. The molecule has 0 aliphatic heterocycles. The maximum Gasteiger partial charge on any atom is 0.314 e. The molecule has 2 aromatic carbocycles. The van der Waals surface area contributed by atoms with Crippen molar-refractivity contribution in [3.63, 3.8) is 0 Å². The zero-order valence-corrected chi connectivity index (χ0v) is 16.5. The maximum absolute atomic E-state index is 14.2. The highest BCUT2D eigenvalue weighted by molar-refractivity contribution is 9.10.